The molecule has 0 radical (unpaired) electrons. The lowest BCUT2D eigenvalue weighted by molar-refractivity contribution is 0.626. The highest BCUT2D eigenvalue weighted by Gasteiger charge is 2.05. The van der Waals surface area contributed by atoms with Gasteiger partial charge in [0.1, 0.15) is 11.9 Å². The molecule has 0 unspecified atom stereocenters. The number of benzene rings is 1. The largest absolute Gasteiger partial charge is 0.364 e. The van der Waals surface area contributed by atoms with Gasteiger partial charge < -0.3 is 5.32 Å². The van der Waals surface area contributed by atoms with E-state index in [9.17, 15) is 4.39 Å². The molecule has 6 heteroatoms. The van der Waals surface area contributed by atoms with Crippen LogP contribution in [0.2, 0.25) is 0 Å². The molecule has 2 rings (SSSR count). The maximum absolute atomic E-state index is 12.9. The van der Waals surface area contributed by atoms with Crippen molar-refractivity contribution in [2.75, 3.05) is 5.32 Å². The fraction of sp³-hybridized carbons (Fsp3) is 0.0833. The van der Waals surface area contributed by atoms with Crippen molar-refractivity contribution in [2.24, 2.45) is 0 Å². The Morgan fingerprint density at radius 1 is 1.33 bits per heavy atom. The van der Waals surface area contributed by atoms with E-state index in [4.69, 9.17) is 5.26 Å². The van der Waals surface area contributed by atoms with Crippen LogP contribution >= 0.6 is 15.9 Å². The molecule has 1 aromatic heterocycles. The summed E-state index contributed by atoms with van der Waals surface area (Å²) in [7, 11) is 0. The van der Waals surface area contributed by atoms with Crippen LogP contribution in [0.3, 0.4) is 0 Å². The molecule has 0 aliphatic rings. The second-order valence-corrected chi connectivity index (χ2v) is 4.31. The molecular weight excluding hydrogens is 299 g/mol. The van der Waals surface area contributed by atoms with Gasteiger partial charge in [-0.1, -0.05) is 22.0 Å². The third kappa shape index (κ3) is 2.81. The van der Waals surface area contributed by atoms with E-state index in [1.54, 1.807) is 6.07 Å². The summed E-state index contributed by atoms with van der Waals surface area (Å²) >= 11 is 3.28. The van der Waals surface area contributed by atoms with Crippen molar-refractivity contribution in [3.05, 3.63) is 52.1 Å². The van der Waals surface area contributed by atoms with Crippen LogP contribution in [-0.4, -0.2) is 9.97 Å². The summed E-state index contributed by atoms with van der Waals surface area (Å²) in [5.41, 5.74) is 1.10. The lowest BCUT2D eigenvalue weighted by Crippen LogP contribution is -2.05. The van der Waals surface area contributed by atoms with Crippen molar-refractivity contribution in [3.8, 4) is 6.07 Å². The van der Waals surface area contributed by atoms with Gasteiger partial charge in [0, 0.05) is 23.4 Å². The molecule has 18 heavy (non-hydrogen) atoms. The average Bonchev–Trinajstić information content (AvgIpc) is 2.38. The monoisotopic (exact) mass is 306 g/mol. The Balaban J connectivity index is 2.14. The van der Waals surface area contributed by atoms with Gasteiger partial charge in [0.25, 0.3) is 0 Å². The number of nitrogens with one attached hydrogen (secondary N) is 1. The predicted molar refractivity (Wildman–Crippen MR) is 68.2 cm³/mol. The topological polar surface area (TPSA) is 61.6 Å². The smallest absolute Gasteiger partial charge is 0.182 e. The first-order valence-corrected chi connectivity index (χ1v) is 5.89. The first kappa shape index (κ1) is 12.5. The number of anilines is 1. The highest BCUT2D eigenvalue weighted by Crippen LogP contribution is 2.19. The Morgan fingerprint density at radius 2 is 2.11 bits per heavy atom. The van der Waals surface area contributed by atoms with Crippen LogP contribution in [0.1, 0.15) is 11.3 Å². The number of rotatable bonds is 3. The molecule has 4 nitrogen and oxygen atoms in total. The molecule has 1 heterocycles. The summed E-state index contributed by atoms with van der Waals surface area (Å²) in [5.74, 6) is 0.110. The summed E-state index contributed by atoms with van der Waals surface area (Å²) < 4.78 is 13.6. The zero-order valence-corrected chi connectivity index (χ0v) is 10.8. The van der Waals surface area contributed by atoms with Crippen molar-refractivity contribution in [3.63, 3.8) is 0 Å². The zero-order valence-electron chi connectivity index (χ0n) is 9.19. The van der Waals surface area contributed by atoms with Gasteiger partial charge in [-0.05, 0) is 17.7 Å². The Kier molecular flexibility index (Phi) is 3.85. The summed E-state index contributed by atoms with van der Waals surface area (Å²) in [6.07, 6.45) is 2.96. The molecule has 90 valence electrons. The van der Waals surface area contributed by atoms with Crippen LogP contribution < -0.4 is 5.32 Å². The quantitative estimate of drug-likeness (QED) is 0.947. The van der Waals surface area contributed by atoms with Crippen LogP contribution in [0.25, 0.3) is 0 Å². The van der Waals surface area contributed by atoms with Gasteiger partial charge in [0.15, 0.2) is 11.5 Å². The van der Waals surface area contributed by atoms with E-state index in [0.717, 1.165) is 5.56 Å². The molecular formula is C12H8BrFN4. The van der Waals surface area contributed by atoms with Crippen LogP contribution in [-0.2, 0) is 6.54 Å². The lowest BCUT2D eigenvalue weighted by Gasteiger charge is -2.08. The SMILES string of the molecule is N#Cc1nccnc1NCc1ccc(F)cc1Br. The first-order chi connectivity index (χ1) is 8.70. The maximum Gasteiger partial charge on any atom is 0.182 e. The van der Waals surface area contributed by atoms with E-state index in [2.05, 4.69) is 31.2 Å². The molecule has 0 fully saturated rings. The molecule has 0 atom stereocenters. The highest BCUT2D eigenvalue weighted by molar-refractivity contribution is 9.10. The molecule has 0 bridgehead atoms. The minimum atomic E-state index is -0.303. The van der Waals surface area contributed by atoms with Crippen molar-refractivity contribution in [2.45, 2.75) is 6.54 Å². The molecule has 0 aliphatic carbocycles. The van der Waals surface area contributed by atoms with Crippen molar-refractivity contribution >= 4 is 21.7 Å². The number of hydrogen-bond donors (Lipinski definition) is 1. The van der Waals surface area contributed by atoms with Gasteiger partial charge >= 0.3 is 0 Å². The fourth-order valence-electron chi connectivity index (χ4n) is 1.39. The van der Waals surface area contributed by atoms with Gasteiger partial charge in [-0.25, -0.2) is 14.4 Å². The highest BCUT2D eigenvalue weighted by atomic mass is 79.9. The van der Waals surface area contributed by atoms with Crippen molar-refractivity contribution in [1.82, 2.24) is 9.97 Å². The fourth-order valence-corrected chi connectivity index (χ4v) is 1.88. The molecule has 1 N–H and O–H groups in total. The number of nitrogens with zero attached hydrogens (tertiary/aromatic N) is 3. The molecule has 0 aliphatic heterocycles. The Bertz CT molecular complexity index is 609. The van der Waals surface area contributed by atoms with Crippen molar-refractivity contribution in [1.29, 1.82) is 5.26 Å². The third-order valence-corrected chi connectivity index (χ3v) is 3.00. The Labute approximate surface area is 112 Å². The van der Waals surface area contributed by atoms with E-state index in [1.807, 2.05) is 6.07 Å². The molecule has 0 amide bonds. The van der Waals surface area contributed by atoms with Crippen LogP contribution in [0.15, 0.2) is 35.1 Å². The average molecular weight is 307 g/mol. The second-order valence-electron chi connectivity index (χ2n) is 3.45. The minimum Gasteiger partial charge on any atom is -0.364 e. The van der Waals surface area contributed by atoms with Gasteiger partial charge in [-0.15, -0.1) is 0 Å². The second kappa shape index (κ2) is 5.56. The lowest BCUT2D eigenvalue weighted by atomic mass is 10.2. The predicted octanol–water partition coefficient (Wildman–Crippen LogP) is 2.86. The van der Waals surface area contributed by atoms with Gasteiger partial charge in [-0.3, -0.25) is 0 Å². The maximum atomic E-state index is 12.9. The molecule has 2 aromatic rings. The van der Waals surface area contributed by atoms with Crippen molar-refractivity contribution < 1.29 is 4.39 Å². The van der Waals surface area contributed by atoms with Crippen LogP contribution in [0.5, 0.6) is 0 Å². The summed E-state index contributed by atoms with van der Waals surface area (Å²) in [4.78, 5) is 7.91. The van der Waals surface area contributed by atoms with E-state index < -0.39 is 0 Å². The first-order valence-electron chi connectivity index (χ1n) is 5.09. The number of nitriles is 1. The molecule has 0 spiro atoms. The summed E-state index contributed by atoms with van der Waals surface area (Å²) in [6, 6.07) is 6.38. The number of halogens is 2. The number of aromatic nitrogens is 2. The van der Waals surface area contributed by atoms with Gasteiger partial charge in [-0.2, -0.15) is 5.26 Å². The van der Waals surface area contributed by atoms with E-state index in [-0.39, 0.29) is 11.5 Å². The standard InChI is InChI=1S/C12H8BrFN4/c13-10-5-9(14)2-1-8(10)7-18-12-11(6-15)16-3-4-17-12/h1-5H,7H2,(H,17,18). The normalized spacial score (nSPS) is 9.83. The Hall–Kier alpha value is -2.00. The van der Waals surface area contributed by atoms with Gasteiger partial charge in [0.05, 0.1) is 0 Å². The van der Waals surface area contributed by atoms with E-state index in [1.165, 1.54) is 24.5 Å². The molecule has 1 aromatic carbocycles. The van der Waals surface area contributed by atoms with Crippen LogP contribution in [0, 0.1) is 17.1 Å². The molecule has 0 saturated heterocycles. The zero-order chi connectivity index (χ0) is 13.0. The number of hydrogen-bond acceptors (Lipinski definition) is 4. The van der Waals surface area contributed by atoms with E-state index >= 15 is 0 Å². The minimum absolute atomic E-state index is 0.232. The summed E-state index contributed by atoms with van der Waals surface area (Å²) in [6.45, 7) is 0.425. The van der Waals surface area contributed by atoms with E-state index in [0.29, 0.717) is 16.8 Å². The third-order valence-electron chi connectivity index (χ3n) is 2.27. The van der Waals surface area contributed by atoms with Gasteiger partial charge in [0.2, 0.25) is 0 Å². The summed E-state index contributed by atoms with van der Waals surface area (Å²) in [5, 5.41) is 11.8. The Morgan fingerprint density at radius 3 is 2.83 bits per heavy atom. The molecule has 0 saturated carbocycles. The van der Waals surface area contributed by atoms with Crippen LogP contribution in [0.4, 0.5) is 10.2 Å².